The molecular weight excluding hydrogens is 453 g/mol. The molecule has 0 aromatic rings. The molecule has 0 spiro atoms. The van der Waals surface area contributed by atoms with Gasteiger partial charge >= 0.3 is 0 Å². The van der Waals surface area contributed by atoms with Crippen LogP contribution in [-0.4, -0.2) is 20.4 Å². The van der Waals surface area contributed by atoms with E-state index in [2.05, 4.69) is 0 Å². The van der Waals surface area contributed by atoms with E-state index in [9.17, 15) is 9.59 Å². The predicted molar refractivity (Wildman–Crippen MR) is 73.5 cm³/mol. The van der Waals surface area contributed by atoms with E-state index in [4.69, 9.17) is 23.2 Å². The van der Waals surface area contributed by atoms with Crippen molar-refractivity contribution in [3.8, 4) is 0 Å². The smallest absolute Gasteiger partial charge is 0.203 e. The average Bonchev–Trinajstić information content (AvgIpc) is 2.20. The molecule has 0 atom stereocenters. The molecule has 14 heavy (non-hydrogen) atoms. The second kappa shape index (κ2) is 5.27. The summed E-state index contributed by atoms with van der Waals surface area (Å²) >= 11 is 15.3. The molecular formula is C8H4Cl2I2O2. The summed E-state index contributed by atoms with van der Waals surface area (Å²) in [5, 5.41) is -0.311. The van der Waals surface area contributed by atoms with Crippen LogP contribution in [0.2, 0.25) is 0 Å². The first-order valence-electron chi connectivity index (χ1n) is 3.53. The van der Waals surface area contributed by atoms with Gasteiger partial charge < -0.3 is 0 Å². The average molecular weight is 457 g/mol. The van der Waals surface area contributed by atoms with Gasteiger partial charge in [0.25, 0.3) is 0 Å². The van der Waals surface area contributed by atoms with Gasteiger partial charge in [0, 0.05) is 20.0 Å². The fourth-order valence-electron chi connectivity index (χ4n) is 1.02. The number of hydrogen-bond donors (Lipinski definition) is 0. The van der Waals surface area contributed by atoms with Crippen LogP contribution in [0.4, 0.5) is 0 Å². The van der Waals surface area contributed by atoms with Gasteiger partial charge in [-0.3, -0.25) is 9.59 Å². The molecule has 0 saturated heterocycles. The zero-order chi connectivity index (χ0) is 10.9. The van der Waals surface area contributed by atoms with Gasteiger partial charge in [-0.05, 0) is 0 Å². The van der Waals surface area contributed by atoms with Crippen LogP contribution in [0.3, 0.4) is 0 Å². The summed E-state index contributed by atoms with van der Waals surface area (Å²) in [6.45, 7) is 0. The van der Waals surface area contributed by atoms with Crippen molar-refractivity contribution in [1.82, 2.24) is 0 Å². The molecule has 2 nitrogen and oxygen atoms in total. The Labute approximate surface area is 118 Å². The first-order valence-corrected chi connectivity index (χ1v) is 7.33. The largest absolute Gasteiger partial charge is 0.288 e. The minimum absolute atomic E-state index is 0.156. The van der Waals surface area contributed by atoms with Gasteiger partial charge in [-0.2, -0.15) is 0 Å². The highest BCUT2D eigenvalue weighted by molar-refractivity contribution is 14.1. The Morgan fingerprint density at radius 3 is 1.36 bits per heavy atom. The Balaban J connectivity index is 3.31. The fraction of sp³-hybridized carbons (Fsp3) is 0.250. The summed E-state index contributed by atoms with van der Waals surface area (Å²) < 4.78 is 0.947. The van der Waals surface area contributed by atoms with E-state index in [1.165, 1.54) is 0 Å². The van der Waals surface area contributed by atoms with Crippen LogP contribution in [0.15, 0.2) is 21.2 Å². The van der Waals surface area contributed by atoms with Crippen LogP contribution in [0.5, 0.6) is 0 Å². The molecule has 0 aromatic heterocycles. The van der Waals surface area contributed by atoms with Crippen molar-refractivity contribution in [3.05, 3.63) is 21.2 Å². The molecule has 1 aliphatic carbocycles. The van der Waals surface area contributed by atoms with Crippen molar-refractivity contribution >= 4 is 80.0 Å². The number of carbonyl (C=O) groups excluding carboxylic acids is 2. The Morgan fingerprint density at radius 2 is 1.14 bits per heavy atom. The van der Waals surface area contributed by atoms with Crippen molar-refractivity contribution in [3.63, 3.8) is 0 Å². The third kappa shape index (κ3) is 2.17. The number of halogens is 4. The van der Waals surface area contributed by atoms with E-state index in [1.54, 1.807) is 0 Å². The van der Waals surface area contributed by atoms with Gasteiger partial charge in [-0.15, -0.1) is 0 Å². The third-order valence-corrected chi connectivity index (χ3v) is 4.11. The van der Waals surface area contributed by atoms with Gasteiger partial charge in [0.15, 0.2) is 0 Å². The first-order chi connectivity index (χ1) is 6.54. The van der Waals surface area contributed by atoms with E-state index in [0.717, 1.165) is 0 Å². The van der Waals surface area contributed by atoms with Gasteiger partial charge in [-0.1, -0.05) is 68.4 Å². The van der Waals surface area contributed by atoms with E-state index in [1.807, 2.05) is 45.2 Å². The number of Topliss-reactive ketones (excluding diaryl/α,β-unsaturated/α-hetero) is 2. The Bertz CT molecular complexity index is 338. The number of ketones is 2. The van der Waals surface area contributed by atoms with Crippen molar-refractivity contribution in [1.29, 1.82) is 0 Å². The van der Waals surface area contributed by atoms with Gasteiger partial charge in [-0.25, -0.2) is 0 Å². The maximum atomic E-state index is 11.6. The van der Waals surface area contributed by atoms with Crippen LogP contribution in [0.25, 0.3) is 0 Å². The lowest BCUT2D eigenvalue weighted by molar-refractivity contribution is -0.115. The van der Waals surface area contributed by atoms with Crippen LogP contribution in [0, 0.1) is 0 Å². The minimum Gasteiger partial charge on any atom is -0.288 e. The standard InChI is InChI=1S/C8H4Cl2I2O2/c9-5-6(10)8(14)4(2-12)3(1-11)7(5)13/h1-2H2. The molecule has 0 radical (unpaired) electrons. The number of rotatable bonds is 2. The summed E-state index contributed by atoms with van der Waals surface area (Å²) in [6, 6.07) is 0. The summed E-state index contributed by atoms with van der Waals surface area (Å²) in [7, 11) is 0. The molecule has 0 bridgehead atoms. The number of alkyl halides is 2. The van der Waals surface area contributed by atoms with E-state index < -0.39 is 0 Å². The number of hydrogen-bond acceptors (Lipinski definition) is 2. The Morgan fingerprint density at radius 1 is 0.857 bits per heavy atom. The molecule has 76 valence electrons. The highest BCUT2D eigenvalue weighted by Gasteiger charge is 2.31. The molecule has 0 heterocycles. The minimum atomic E-state index is -0.322. The number of carbonyl (C=O) groups is 2. The van der Waals surface area contributed by atoms with Crippen molar-refractivity contribution in [2.45, 2.75) is 0 Å². The van der Waals surface area contributed by atoms with Crippen LogP contribution in [-0.2, 0) is 9.59 Å². The van der Waals surface area contributed by atoms with E-state index in [-0.39, 0.29) is 21.6 Å². The molecule has 0 fully saturated rings. The molecule has 0 aromatic carbocycles. The van der Waals surface area contributed by atoms with Gasteiger partial charge in [0.1, 0.15) is 10.1 Å². The molecule has 1 aliphatic rings. The molecule has 0 amide bonds. The highest BCUT2D eigenvalue weighted by Crippen LogP contribution is 2.31. The lowest BCUT2D eigenvalue weighted by Gasteiger charge is -2.15. The summed E-state index contributed by atoms with van der Waals surface area (Å²) in [5.74, 6) is -0.644. The summed E-state index contributed by atoms with van der Waals surface area (Å²) in [5.41, 5.74) is 0.943. The molecule has 0 unspecified atom stereocenters. The SMILES string of the molecule is O=C1C(Cl)=C(Cl)C(=O)C(CI)=C1CI. The van der Waals surface area contributed by atoms with Gasteiger partial charge in [0.05, 0.1) is 0 Å². The third-order valence-electron chi connectivity index (χ3n) is 1.77. The first kappa shape index (κ1) is 12.9. The fourth-order valence-corrected chi connectivity index (χ4v) is 3.03. The van der Waals surface area contributed by atoms with E-state index >= 15 is 0 Å². The monoisotopic (exact) mass is 456 g/mol. The van der Waals surface area contributed by atoms with Gasteiger partial charge in [0.2, 0.25) is 11.6 Å². The zero-order valence-corrected chi connectivity index (χ0v) is 12.6. The Kier molecular flexibility index (Phi) is 4.86. The molecule has 0 N–H and O–H groups in total. The maximum absolute atomic E-state index is 11.6. The second-order valence-electron chi connectivity index (χ2n) is 2.51. The summed E-state index contributed by atoms with van der Waals surface area (Å²) in [4.78, 5) is 23.2. The molecule has 1 rings (SSSR count). The van der Waals surface area contributed by atoms with E-state index in [0.29, 0.717) is 20.0 Å². The zero-order valence-electron chi connectivity index (χ0n) is 6.74. The Hall–Kier alpha value is 0.860. The van der Waals surface area contributed by atoms with Crippen molar-refractivity contribution in [2.75, 3.05) is 8.86 Å². The lowest BCUT2D eigenvalue weighted by atomic mass is 9.97. The second-order valence-corrected chi connectivity index (χ2v) is 4.79. The molecule has 6 heteroatoms. The maximum Gasteiger partial charge on any atom is 0.203 e. The predicted octanol–water partition coefficient (Wildman–Crippen LogP) is 2.99. The molecule has 0 aliphatic heterocycles. The topological polar surface area (TPSA) is 34.1 Å². The van der Waals surface area contributed by atoms with Crippen LogP contribution in [0.1, 0.15) is 0 Å². The van der Waals surface area contributed by atoms with Crippen molar-refractivity contribution < 1.29 is 9.59 Å². The number of allylic oxidation sites excluding steroid dienone is 4. The van der Waals surface area contributed by atoms with Crippen LogP contribution >= 0.6 is 68.4 Å². The normalized spacial score (nSPS) is 18.3. The lowest BCUT2D eigenvalue weighted by Crippen LogP contribution is -2.21. The quantitative estimate of drug-likeness (QED) is 0.364. The molecule has 0 saturated carbocycles. The van der Waals surface area contributed by atoms with Crippen LogP contribution < -0.4 is 0 Å². The highest BCUT2D eigenvalue weighted by atomic mass is 127. The van der Waals surface area contributed by atoms with Crippen molar-refractivity contribution in [2.24, 2.45) is 0 Å². The summed E-state index contributed by atoms with van der Waals surface area (Å²) in [6.07, 6.45) is 0.